The summed E-state index contributed by atoms with van der Waals surface area (Å²) in [7, 11) is 1.58. The van der Waals surface area contributed by atoms with Crippen molar-refractivity contribution in [3.05, 3.63) is 0 Å². The fraction of sp³-hybridized carbons (Fsp3) is 0.900. The Balaban J connectivity index is 3.45. The van der Waals surface area contributed by atoms with Crippen molar-refractivity contribution in [2.75, 3.05) is 20.3 Å². The predicted octanol–water partition coefficient (Wildman–Crippen LogP) is 0.513. The zero-order chi connectivity index (χ0) is 11.0. The van der Waals surface area contributed by atoms with Gasteiger partial charge in [0, 0.05) is 26.1 Å². The third-order valence-corrected chi connectivity index (χ3v) is 1.87. The van der Waals surface area contributed by atoms with E-state index in [2.05, 4.69) is 19.2 Å². The van der Waals surface area contributed by atoms with E-state index >= 15 is 0 Å². The van der Waals surface area contributed by atoms with Crippen molar-refractivity contribution < 1.29 is 9.53 Å². The summed E-state index contributed by atoms with van der Waals surface area (Å²) < 4.78 is 4.79. The van der Waals surface area contributed by atoms with Crippen molar-refractivity contribution in [3.63, 3.8) is 0 Å². The molecule has 3 N–H and O–H groups in total. The lowest BCUT2D eigenvalue weighted by atomic mass is 10.0. The van der Waals surface area contributed by atoms with Gasteiger partial charge >= 0.3 is 0 Å². The fourth-order valence-electron chi connectivity index (χ4n) is 1.22. The van der Waals surface area contributed by atoms with Crippen LogP contribution in [0.25, 0.3) is 0 Å². The first-order chi connectivity index (χ1) is 6.56. The molecule has 0 rings (SSSR count). The molecule has 0 aromatic heterocycles. The summed E-state index contributed by atoms with van der Waals surface area (Å²) in [6.07, 6.45) is 1.34. The fourth-order valence-corrected chi connectivity index (χ4v) is 1.22. The van der Waals surface area contributed by atoms with E-state index in [1.165, 1.54) is 0 Å². The van der Waals surface area contributed by atoms with Gasteiger partial charge in [0.2, 0.25) is 5.91 Å². The molecule has 0 saturated carbocycles. The molecule has 4 nitrogen and oxygen atoms in total. The van der Waals surface area contributed by atoms with E-state index in [0.29, 0.717) is 25.5 Å². The summed E-state index contributed by atoms with van der Waals surface area (Å²) in [6.45, 7) is 5.26. The maximum Gasteiger partial charge on any atom is 0.222 e. The summed E-state index contributed by atoms with van der Waals surface area (Å²) in [4.78, 5) is 11.1. The van der Waals surface area contributed by atoms with E-state index in [9.17, 15) is 4.79 Å². The number of methoxy groups -OCH3 is 1. The Morgan fingerprint density at radius 2 is 2.14 bits per heavy atom. The Hall–Kier alpha value is -0.610. The van der Waals surface area contributed by atoms with Crippen LogP contribution in [0.5, 0.6) is 0 Å². The minimum absolute atomic E-state index is 0.00561. The van der Waals surface area contributed by atoms with Crippen LogP contribution in [0.2, 0.25) is 0 Å². The lowest BCUT2D eigenvalue weighted by Gasteiger charge is -2.14. The molecule has 0 aromatic rings. The third-order valence-electron chi connectivity index (χ3n) is 1.87. The first-order valence-electron chi connectivity index (χ1n) is 5.07. The van der Waals surface area contributed by atoms with Crippen LogP contribution in [0.1, 0.15) is 26.7 Å². The van der Waals surface area contributed by atoms with E-state index in [1.807, 2.05) is 0 Å². The topological polar surface area (TPSA) is 64.3 Å². The van der Waals surface area contributed by atoms with Gasteiger partial charge in [-0.2, -0.15) is 0 Å². The monoisotopic (exact) mass is 202 g/mol. The first-order valence-corrected chi connectivity index (χ1v) is 5.07. The SMILES string of the molecule is COCCC(=O)NCC(N)CC(C)C. The van der Waals surface area contributed by atoms with Gasteiger partial charge in [-0.3, -0.25) is 4.79 Å². The first kappa shape index (κ1) is 13.4. The highest BCUT2D eigenvalue weighted by Crippen LogP contribution is 2.01. The van der Waals surface area contributed by atoms with Gasteiger partial charge in [-0.25, -0.2) is 0 Å². The highest BCUT2D eigenvalue weighted by molar-refractivity contribution is 5.75. The van der Waals surface area contributed by atoms with Crippen LogP contribution < -0.4 is 11.1 Å². The van der Waals surface area contributed by atoms with E-state index in [4.69, 9.17) is 10.5 Å². The summed E-state index contributed by atoms with van der Waals surface area (Å²) in [5, 5.41) is 2.78. The Labute approximate surface area is 86.2 Å². The predicted molar refractivity (Wildman–Crippen MR) is 56.9 cm³/mol. The quantitative estimate of drug-likeness (QED) is 0.632. The van der Waals surface area contributed by atoms with Gasteiger partial charge in [0.05, 0.1) is 6.61 Å². The van der Waals surface area contributed by atoms with Crippen molar-refractivity contribution in [1.29, 1.82) is 0 Å². The maximum atomic E-state index is 11.1. The van der Waals surface area contributed by atoms with Gasteiger partial charge in [0.15, 0.2) is 0 Å². The number of nitrogens with one attached hydrogen (secondary N) is 1. The average molecular weight is 202 g/mol. The Morgan fingerprint density at radius 1 is 1.50 bits per heavy atom. The molecule has 0 aliphatic carbocycles. The summed E-state index contributed by atoms with van der Waals surface area (Å²) >= 11 is 0. The number of amides is 1. The second-order valence-electron chi connectivity index (χ2n) is 3.94. The van der Waals surface area contributed by atoms with Crippen LogP contribution in [0.15, 0.2) is 0 Å². The normalized spacial score (nSPS) is 12.9. The average Bonchev–Trinajstić information content (AvgIpc) is 2.10. The van der Waals surface area contributed by atoms with E-state index in [1.54, 1.807) is 7.11 Å². The van der Waals surface area contributed by atoms with E-state index in [0.717, 1.165) is 6.42 Å². The lowest BCUT2D eigenvalue weighted by molar-refractivity contribution is -0.122. The van der Waals surface area contributed by atoms with E-state index < -0.39 is 0 Å². The molecule has 14 heavy (non-hydrogen) atoms. The molecule has 0 fully saturated rings. The molecule has 1 amide bonds. The van der Waals surface area contributed by atoms with Gasteiger partial charge in [-0.15, -0.1) is 0 Å². The van der Waals surface area contributed by atoms with Gasteiger partial charge in [-0.1, -0.05) is 13.8 Å². The van der Waals surface area contributed by atoms with Crippen molar-refractivity contribution in [2.24, 2.45) is 11.7 Å². The van der Waals surface area contributed by atoms with Crippen molar-refractivity contribution in [1.82, 2.24) is 5.32 Å². The standard InChI is InChI=1S/C10H22N2O2/c1-8(2)6-9(11)7-12-10(13)4-5-14-3/h8-9H,4-7,11H2,1-3H3,(H,12,13). The molecular formula is C10H22N2O2. The molecule has 0 heterocycles. The smallest absolute Gasteiger partial charge is 0.222 e. The second-order valence-corrected chi connectivity index (χ2v) is 3.94. The van der Waals surface area contributed by atoms with Crippen molar-refractivity contribution in [3.8, 4) is 0 Å². The molecular weight excluding hydrogens is 180 g/mol. The molecule has 4 heteroatoms. The molecule has 0 aliphatic heterocycles. The number of hydrogen-bond donors (Lipinski definition) is 2. The largest absolute Gasteiger partial charge is 0.384 e. The number of carbonyl (C=O) groups is 1. The minimum Gasteiger partial charge on any atom is -0.384 e. The molecule has 0 aliphatic rings. The van der Waals surface area contributed by atoms with Crippen LogP contribution in [0, 0.1) is 5.92 Å². The Bertz CT molecular complexity index is 160. The maximum absolute atomic E-state index is 11.1. The highest BCUT2D eigenvalue weighted by Gasteiger charge is 2.07. The summed E-state index contributed by atoms with van der Waals surface area (Å²) in [5.41, 5.74) is 5.81. The molecule has 0 spiro atoms. The number of hydrogen-bond acceptors (Lipinski definition) is 3. The number of carbonyl (C=O) groups excluding carboxylic acids is 1. The van der Waals surface area contributed by atoms with Crippen LogP contribution in [-0.4, -0.2) is 32.2 Å². The van der Waals surface area contributed by atoms with Crippen LogP contribution in [0.4, 0.5) is 0 Å². The van der Waals surface area contributed by atoms with Gasteiger partial charge < -0.3 is 15.8 Å². The molecule has 0 radical (unpaired) electrons. The van der Waals surface area contributed by atoms with Crippen LogP contribution in [0.3, 0.4) is 0 Å². The Morgan fingerprint density at radius 3 is 2.64 bits per heavy atom. The number of rotatable bonds is 7. The number of ether oxygens (including phenoxy) is 1. The zero-order valence-corrected chi connectivity index (χ0v) is 9.38. The summed E-state index contributed by atoms with van der Waals surface area (Å²) in [6, 6.07) is 0.0569. The van der Waals surface area contributed by atoms with Gasteiger partial charge in [0.25, 0.3) is 0 Å². The Kier molecular flexibility index (Phi) is 7.42. The van der Waals surface area contributed by atoms with Crippen molar-refractivity contribution >= 4 is 5.91 Å². The van der Waals surface area contributed by atoms with Crippen LogP contribution in [-0.2, 0) is 9.53 Å². The van der Waals surface area contributed by atoms with Gasteiger partial charge in [0.1, 0.15) is 0 Å². The molecule has 0 saturated heterocycles. The molecule has 84 valence electrons. The molecule has 1 atom stereocenters. The minimum atomic E-state index is 0.00561. The van der Waals surface area contributed by atoms with Crippen molar-refractivity contribution in [2.45, 2.75) is 32.7 Å². The zero-order valence-electron chi connectivity index (χ0n) is 9.38. The second kappa shape index (κ2) is 7.76. The summed E-state index contributed by atoms with van der Waals surface area (Å²) in [5.74, 6) is 0.576. The highest BCUT2D eigenvalue weighted by atomic mass is 16.5. The molecule has 0 aromatic carbocycles. The van der Waals surface area contributed by atoms with E-state index in [-0.39, 0.29) is 11.9 Å². The molecule has 0 bridgehead atoms. The van der Waals surface area contributed by atoms with Gasteiger partial charge in [-0.05, 0) is 12.3 Å². The van der Waals surface area contributed by atoms with Crippen LogP contribution >= 0.6 is 0 Å². The number of nitrogens with two attached hydrogens (primary N) is 1. The molecule has 1 unspecified atom stereocenters. The lowest BCUT2D eigenvalue weighted by Crippen LogP contribution is -2.38. The third kappa shape index (κ3) is 8.01.